The topological polar surface area (TPSA) is 79.1 Å². The van der Waals surface area contributed by atoms with E-state index >= 15 is 0 Å². The van der Waals surface area contributed by atoms with E-state index in [2.05, 4.69) is 4.98 Å². The van der Waals surface area contributed by atoms with Gasteiger partial charge in [-0.1, -0.05) is 0 Å². The first kappa shape index (κ1) is 8.86. The number of nitrogen functional groups attached to an aromatic ring is 2. The van der Waals surface area contributed by atoms with Crippen LogP contribution < -0.4 is 11.6 Å². The number of nitrogens with two attached hydrogens (primary N) is 2. The van der Waals surface area contributed by atoms with Crippen molar-refractivity contribution in [1.82, 2.24) is 9.66 Å². The summed E-state index contributed by atoms with van der Waals surface area (Å²) in [6.45, 7) is 3.67. The Morgan fingerprint density at radius 1 is 1.58 bits per heavy atom. The molecule has 0 spiro atoms. The highest BCUT2D eigenvalue weighted by atomic mass is 16.5. The number of nitrogens with zero attached hydrogens (tertiary/aromatic N) is 2. The fourth-order valence-corrected chi connectivity index (χ4v) is 0.994. The first-order valence-corrected chi connectivity index (χ1v) is 3.70. The Balaban J connectivity index is 3.08. The third-order valence-corrected chi connectivity index (χ3v) is 1.89. The minimum Gasteiger partial charge on any atom is -0.382 e. The molecular weight excluding hydrogens is 156 g/mol. The Labute approximate surface area is 71.3 Å². The molecule has 1 rings (SSSR count). The molecule has 1 unspecified atom stereocenters. The predicted molar refractivity (Wildman–Crippen MR) is 47.0 cm³/mol. The van der Waals surface area contributed by atoms with Gasteiger partial charge in [-0.2, -0.15) is 0 Å². The molecule has 1 heterocycles. The molecule has 68 valence electrons. The molecular formula is C7H14N4O. The van der Waals surface area contributed by atoms with E-state index in [0.717, 1.165) is 0 Å². The van der Waals surface area contributed by atoms with Gasteiger partial charge in [-0.25, -0.2) is 9.66 Å². The van der Waals surface area contributed by atoms with Crippen molar-refractivity contribution in [3.8, 4) is 0 Å². The lowest BCUT2D eigenvalue weighted by atomic mass is 10.3. The normalized spacial score (nSPS) is 13.2. The third kappa shape index (κ3) is 1.23. The fourth-order valence-electron chi connectivity index (χ4n) is 0.994. The van der Waals surface area contributed by atoms with E-state index in [4.69, 9.17) is 16.3 Å². The van der Waals surface area contributed by atoms with Crippen LogP contribution in [-0.4, -0.2) is 16.8 Å². The number of aryl methyl sites for hydroxylation is 1. The van der Waals surface area contributed by atoms with Gasteiger partial charge in [-0.3, -0.25) is 0 Å². The minimum absolute atomic E-state index is 0.117. The monoisotopic (exact) mass is 170 g/mol. The zero-order valence-electron chi connectivity index (χ0n) is 7.53. The maximum Gasteiger partial charge on any atom is 0.148 e. The molecule has 0 aromatic carbocycles. The summed E-state index contributed by atoms with van der Waals surface area (Å²) in [7, 11) is 1.61. The van der Waals surface area contributed by atoms with Gasteiger partial charge in [0.25, 0.3) is 0 Å². The summed E-state index contributed by atoms with van der Waals surface area (Å²) in [6.07, 6.45) is -0.117. The molecule has 12 heavy (non-hydrogen) atoms. The second-order valence-electron chi connectivity index (χ2n) is 2.68. The number of aromatic nitrogens is 2. The van der Waals surface area contributed by atoms with Crippen LogP contribution in [0.15, 0.2) is 0 Å². The van der Waals surface area contributed by atoms with Crippen LogP contribution in [0.4, 0.5) is 5.82 Å². The van der Waals surface area contributed by atoms with Gasteiger partial charge in [0.2, 0.25) is 0 Å². The van der Waals surface area contributed by atoms with Crippen molar-refractivity contribution < 1.29 is 4.74 Å². The summed E-state index contributed by atoms with van der Waals surface area (Å²) in [6, 6.07) is 0. The number of anilines is 1. The predicted octanol–water partition coefficient (Wildman–Crippen LogP) is 0.195. The van der Waals surface area contributed by atoms with Crippen molar-refractivity contribution in [2.45, 2.75) is 20.0 Å². The van der Waals surface area contributed by atoms with Crippen molar-refractivity contribution in [2.75, 3.05) is 18.7 Å². The molecule has 0 saturated heterocycles. The van der Waals surface area contributed by atoms with Crippen LogP contribution in [0, 0.1) is 6.92 Å². The maximum absolute atomic E-state index is 5.68. The van der Waals surface area contributed by atoms with Crippen molar-refractivity contribution in [2.24, 2.45) is 0 Å². The molecule has 0 aliphatic carbocycles. The molecule has 0 radical (unpaired) electrons. The zero-order chi connectivity index (χ0) is 9.30. The van der Waals surface area contributed by atoms with Gasteiger partial charge in [-0.05, 0) is 13.8 Å². The number of rotatable bonds is 2. The molecule has 1 aromatic rings. The van der Waals surface area contributed by atoms with E-state index in [0.29, 0.717) is 17.3 Å². The number of hydrogen-bond donors (Lipinski definition) is 2. The summed E-state index contributed by atoms with van der Waals surface area (Å²) in [5, 5.41) is 0. The number of methoxy groups -OCH3 is 1. The van der Waals surface area contributed by atoms with Gasteiger partial charge in [0.1, 0.15) is 23.4 Å². The second kappa shape index (κ2) is 3.02. The summed E-state index contributed by atoms with van der Waals surface area (Å²) < 4.78 is 6.43. The standard InChI is InChI=1S/C7H14N4O/c1-4(12-3)6-7(8)11(9)5(2)10-6/h4H,8-9H2,1-3H3. The molecule has 0 saturated carbocycles. The van der Waals surface area contributed by atoms with E-state index in [1.54, 1.807) is 14.0 Å². The van der Waals surface area contributed by atoms with E-state index in [1.807, 2.05) is 6.92 Å². The molecule has 5 heteroatoms. The zero-order valence-corrected chi connectivity index (χ0v) is 7.53. The van der Waals surface area contributed by atoms with E-state index in [-0.39, 0.29) is 6.10 Å². The summed E-state index contributed by atoms with van der Waals surface area (Å²) in [4.78, 5) is 4.17. The van der Waals surface area contributed by atoms with Crippen LogP contribution in [0.3, 0.4) is 0 Å². The van der Waals surface area contributed by atoms with Crippen LogP contribution in [0.1, 0.15) is 24.5 Å². The van der Waals surface area contributed by atoms with E-state index < -0.39 is 0 Å². The van der Waals surface area contributed by atoms with Crippen LogP contribution in [0.5, 0.6) is 0 Å². The largest absolute Gasteiger partial charge is 0.382 e. The smallest absolute Gasteiger partial charge is 0.148 e. The van der Waals surface area contributed by atoms with Crippen molar-refractivity contribution in [3.63, 3.8) is 0 Å². The second-order valence-corrected chi connectivity index (χ2v) is 2.68. The van der Waals surface area contributed by atoms with Crippen molar-refractivity contribution >= 4 is 5.82 Å². The molecule has 1 aromatic heterocycles. The molecule has 5 nitrogen and oxygen atoms in total. The molecule has 0 amide bonds. The Bertz CT molecular complexity index is 281. The van der Waals surface area contributed by atoms with Gasteiger partial charge in [-0.15, -0.1) is 0 Å². The quantitative estimate of drug-likeness (QED) is 0.621. The summed E-state index contributed by atoms with van der Waals surface area (Å²) >= 11 is 0. The molecule has 0 aliphatic rings. The Morgan fingerprint density at radius 3 is 2.50 bits per heavy atom. The lowest BCUT2D eigenvalue weighted by molar-refractivity contribution is 0.117. The van der Waals surface area contributed by atoms with Crippen LogP contribution in [0.2, 0.25) is 0 Å². The van der Waals surface area contributed by atoms with Gasteiger partial charge in [0.15, 0.2) is 0 Å². The molecule has 0 aliphatic heterocycles. The van der Waals surface area contributed by atoms with E-state index in [1.165, 1.54) is 4.68 Å². The highest BCUT2D eigenvalue weighted by Gasteiger charge is 2.15. The number of imidazole rings is 1. The highest BCUT2D eigenvalue weighted by Crippen LogP contribution is 2.20. The fraction of sp³-hybridized carbons (Fsp3) is 0.571. The Morgan fingerprint density at radius 2 is 2.17 bits per heavy atom. The van der Waals surface area contributed by atoms with Crippen LogP contribution in [0.25, 0.3) is 0 Å². The van der Waals surface area contributed by atoms with Gasteiger partial charge >= 0.3 is 0 Å². The Kier molecular flexibility index (Phi) is 2.23. The van der Waals surface area contributed by atoms with Gasteiger partial charge < -0.3 is 16.3 Å². The molecule has 1 atom stereocenters. The van der Waals surface area contributed by atoms with E-state index in [9.17, 15) is 0 Å². The van der Waals surface area contributed by atoms with Crippen LogP contribution in [-0.2, 0) is 4.74 Å². The molecule has 0 fully saturated rings. The third-order valence-electron chi connectivity index (χ3n) is 1.89. The number of ether oxygens (including phenoxy) is 1. The minimum atomic E-state index is -0.117. The maximum atomic E-state index is 5.68. The Hall–Kier alpha value is -1.23. The molecule has 4 N–H and O–H groups in total. The van der Waals surface area contributed by atoms with Crippen molar-refractivity contribution in [3.05, 3.63) is 11.5 Å². The van der Waals surface area contributed by atoms with Crippen LogP contribution >= 0.6 is 0 Å². The lowest BCUT2D eigenvalue weighted by Gasteiger charge is -2.06. The first-order valence-electron chi connectivity index (χ1n) is 3.70. The highest BCUT2D eigenvalue weighted by molar-refractivity contribution is 5.39. The lowest BCUT2D eigenvalue weighted by Crippen LogP contribution is -2.14. The van der Waals surface area contributed by atoms with Gasteiger partial charge in [0.05, 0.1) is 0 Å². The number of hydrogen-bond acceptors (Lipinski definition) is 4. The average Bonchev–Trinajstić information content (AvgIpc) is 2.32. The summed E-state index contributed by atoms with van der Waals surface area (Å²) in [5.74, 6) is 6.72. The van der Waals surface area contributed by atoms with Crippen molar-refractivity contribution in [1.29, 1.82) is 0 Å². The first-order chi connectivity index (χ1) is 5.57. The SMILES string of the molecule is COC(C)c1nc(C)n(N)c1N. The molecule has 0 bridgehead atoms. The summed E-state index contributed by atoms with van der Waals surface area (Å²) in [5.41, 5.74) is 6.37. The average molecular weight is 170 g/mol. The van der Waals surface area contributed by atoms with Gasteiger partial charge in [0, 0.05) is 7.11 Å².